The molecule has 4 fully saturated rings. The van der Waals surface area contributed by atoms with Crippen molar-refractivity contribution in [1.29, 1.82) is 0 Å². The summed E-state index contributed by atoms with van der Waals surface area (Å²) >= 11 is 0. The number of nitrogens with zero attached hydrogens (tertiary/aromatic N) is 2. The SMILES string of the molecule is CC1CC23O[C@@]1(C)[C@H](C(=O)NCc1ccccc1)[C@H]2C(=O)N([C@H](CO)c1ccccc1)C3C(=O)NCCN1CCOCC1. The summed E-state index contributed by atoms with van der Waals surface area (Å²) in [5, 5.41) is 16.8. The maximum Gasteiger partial charge on any atom is 0.245 e. The second-order valence-electron chi connectivity index (χ2n) is 12.5. The Morgan fingerprint density at radius 1 is 1.02 bits per heavy atom. The second kappa shape index (κ2) is 12.0. The van der Waals surface area contributed by atoms with Crippen LogP contribution in [0.5, 0.6) is 0 Å². The predicted molar refractivity (Wildman–Crippen MR) is 158 cm³/mol. The Kier molecular flexibility index (Phi) is 8.30. The second-order valence-corrected chi connectivity index (χ2v) is 12.5. The first-order valence-electron chi connectivity index (χ1n) is 15.4. The Morgan fingerprint density at radius 2 is 1.70 bits per heavy atom. The van der Waals surface area contributed by atoms with Crippen molar-refractivity contribution in [3.05, 3.63) is 71.8 Å². The summed E-state index contributed by atoms with van der Waals surface area (Å²) in [6.07, 6.45) is 0.466. The molecule has 6 rings (SSSR count). The highest BCUT2D eigenvalue weighted by atomic mass is 16.5. The largest absolute Gasteiger partial charge is 0.394 e. The Balaban J connectivity index is 1.32. The van der Waals surface area contributed by atoms with Gasteiger partial charge in [-0.2, -0.15) is 0 Å². The van der Waals surface area contributed by atoms with Gasteiger partial charge in [0.05, 0.1) is 43.3 Å². The third-order valence-electron chi connectivity index (χ3n) is 10.1. The van der Waals surface area contributed by atoms with E-state index < -0.39 is 35.1 Å². The zero-order valence-corrected chi connectivity index (χ0v) is 24.9. The summed E-state index contributed by atoms with van der Waals surface area (Å²) in [6, 6.07) is 17.1. The van der Waals surface area contributed by atoms with Crippen LogP contribution in [-0.4, -0.2) is 95.9 Å². The van der Waals surface area contributed by atoms with Crippen LogP contribution in [0.2, 0.25) is 0 Å². The Labute approximate surface area is 252 Å². The number of morpholine rings is 1. The lowest BCUT2D eigenvalue weighted by Gasteiger charge is -2.37. The number of rotatable bonds is 10. The van der Waals surface area contributed by atoms with Crippen LogP contribution in [0.3, 0.4) is 0 Å². The van der Waals surface area contributed by atoms with E-state index in [0.29, 0.717) is 39.3 Å². The number of nitrogens with one attached hydrogen (secondary N) is 2. The van der Waals surface area contributed by atoms with Crippen molar-refractivity contribution in [2.75, 3.05) is 46.0 Å². The minimum atomic E-state index is -1.19. The zero-order chi connectivity index (χ0) is 30.2. The number of hydrogen-bond acceptors (Lipinski definition) is 7. The van der Waals surface area contributed by atoms with E-state index in [0.717, 1.165) is 24.2 Å². The van der Waals surface area contributed by atoms with E-state index in [1.54, 1.807) is 0 Å². The molecule has 10 nitrogen and oxygen atoms in total. The maximum atomic E-state index is 14.6. The van der Waals surface area contributed by atoms with Crippen molar-refractivity contribution < 1.29 is 29.0 Å². The number of carbonyl (C=O) groups is 3. The van der Waals surface area contributed by atoms with Gasteiger partial charge in [-0.15, -0.1) is 0 Å². The van der Waals surface area contributed by atoms with E-state index >= 15 is 0 Å². The zero-order valence-electron chi connectivity index (χ0n) is 24.9. The summed E-state index contributed by atoms with van der Waals surface area (Å²) in [7, 11) is 0. The first-order chi connectivity index (χ1) is 20.8. The average molecular weight is 591 g/mol. The van der Waals surface area contributed by atoms with E-state index in [4.69, 9.17) is 9.47 Å². The minimum Gasteiger partial charge on any atom is -0.394 e. The Hall–Kier alpha value is -3.31. The molecule has 4 heterocycles. The van der Waals surface area contributed by atoms with Crippen LogP contribution in [0, 0.1) is 17.8 Å². The van der Waals surface area contributed by atoms with Crippen LogP contribution in [0.4, 0.5) is 0 Å². The van der Waals surface area contributed by atoms with Crippen LogP contribution < -0.4 is 10.6 Å². The number of likely N-dealkylation sites (tertiary alicyclic amines) is 1. The summed E-state index contributed by atoms with van der Waals surface area (Å²) in [5.74, 6) is -2.61. The summed E-state index contributed by atoms with van der Waals surface area (Å²) in [6.45, 7) is 7.89. The van der Waals surface area contributed by atoms with Crippen LogP contribution in [0.25, 0.3) is 0 Å². The van der Waals surface area contributed by atoms with Gasteiger partial charge in [0.25, 0.3) is 0 Å². The van der Waals surface area contributed by atoms with Crippen molar-refractivity contribution in [2.45, 2.75) is 50.1 Å². The molecule has 230 valence electrons. The molecule has 2 aromatic carbocycles. The predicted octanol–water partition coefficient (Wildman–Crippen LogP) is 1.50. The fourth-order valence-electron chi connectivity index (χ4n) is 7.90. The van der Waals surface area contributed by atoms with Gasteiger partial charge in [0.1, 0.15) is 11.6 Å². The fourth-order valence-corrected chi connectivity index (χ4v) is 7.90. The molecule has 4 saturated heterocycles. The number of aliphatic hydroxyl groups excluding tert-OH is 1. The van der Waals surface area contributed by atoms with Crippen molar-refractivity contribution in [3.8, 4) is 0 Å². The highest BCUT2D eigenvalue weighted by Crippen LogP contribution is 2.65. The van der Waals surface area contributed by atoms with Gasteiger partial charge in [0.2, 0.25) is 17.7 Å². The molecule has 2 aromatic rings. The van der Waals surface area contributed by atoms with Gasteiger partial charge in [-0.25, -0.2) is 0 Å². The van der Waals surface area contributed by atoms with Gasteiger partial charge in [-0.05, 0) is 30.4 Å². The number of fused-ring (bicyclic) bond motifs is 1. The van der Waals surface area contributed by atoms with E-state index in [-0.39, 0.29) is 30.2 Å². The molecular weight excluding hydrogens is 548 g/mol. The summed E-state index contributed by atoms with van der Waals surface area (Å²) in [4.78, 5) is 46.5. The molecule has 4 aliphatic rings. The van der Waals surface area contributed by atoms with Crippen molar-refractivity contribution in [1.82, 2.24) is 20.4 Å². The van der Waals surface area contributed by atoms with E-state index in [1.165, 1.54) is 4.90 Å². The third kappa shape index (κ3) is 5.14. The van der Waals surface area contributed by atoms with Crippen molar-refractivity contribution >= 4 is 17.7 Å². The van der Waals surface area contributed by atoms with Crippen LogP contribution >= 0.6 is 0 Å². The third-order valence-corrected chi connectivity index (χ3v) is 10.1. The summed E-state index contributed by atoms with van der Waals surface area (Å²) in [5.41, 5.74) is -0.430. The molecule has 0 radical (unpaired) electrons. The average Bonchev–Trinajstić information content (AvgIpc) is 3.54. The first-order valence-corrected chi connectivity index (χ1v) is 15.4. The number of hydrogen-bond donors (Lipinski definition) is 3. The molecule has 7 atom stereocenters. The normalized spacial score (nSPS) is 32.4. The lowest BCUT2D eigenvalue weighted by atomic mass is 9.62. The van der Waals surface area contributed by atoms with Crippen molar-refractivity contribution in [2.24, 2.45) is 17.8 Å². The molecule has 0 aliphatic carbocycles. The van der Waals surface area contributed by atoms with Gasteiger partial charge in [0.15, 0.2) is 0 Å². The molecule has 2 bridgehead atoms. The van der Waals surface area contributed by atoms with Gasteiger partial charge in [0, 0.05) is 32.7 Å². The molecule has 0 aromatic heterocycles. The number of aliphatic hydroxyl groups is 1. The lowest BCUT2D eigenvalue weighted by molar-refractivity contribution is -0.151. The summed E-state index contributed by atoms with van der Waals surface area (Å²) < 4.78 is 12.3. The molecular formula is C33H42N4O6. The van der Waals surface area contributed by atoms with Crippen LogP contribution in [-0.2, 0) is 30.4 Å². The topological polar surface area (TPSA) is 120 Å². The fraction of sp³-hybridized carbons (Fsp3) is 0.545. The molecule has 10 heteroatoms. The molecule has 0 saturated carbocycles. The standard InChI is InChI=1S/C33H42N4O6/c1-22-19-33-27(26(32(22,2)43-33)29(39)35-20-23-9-5-3-6-10-23)31(41)37(25(21-38)24-11-7-4-8-12-24)28(33)30(40)34-13-14-36-15-17-42-18-16-36/h3-12,22,25-28,38H,13-21H2,1-2H3,(H,34,40)(H,35,39)/t22?,25-,26+,27+,28?,32-,33?/m1/s1. The molecule has 3 N–H and O–H groups in total. The highest BCUT2D eigenvalue weighted by molar-refractivity contribution is 5.99. The first kappa shape index (κ1) is 29.7. The highest BCUT2D eigenvalue weighted by Gasteiger charge is 2.80. The monoisotopic (exact) mass is 590 g/mol. The van der Waals surface area contributed by atoms with Gasteiger partial charge >= 0.3 is 0 Å². The minimum absolute atomic E-state index is 0.0723. The van der Waals surface area contributed by atoms with Gasteiger partial charge in [-0.1, -0.05) is 67.6 Å². The number of amides is 3. The molecule has 3 amide bonds. The lowest BCUT2D eigenvalue weighted by Crippen LogP contribution is -2.57. The van der Waals surface area contributed by atoms with E-state index in [1.807, 2.05) is 74.5 Å². The Bertz CT molecular complexity index is 1320. The number of benzene rings is 2. The van der Waals surface area contributed by atoms with E-state index in [2.05, 4.69) is 15.5 Å². The van der Waals surface area contributed by atoms with Gasteiger partial charge in [-0.3, -0.25) is 19.3 Å². The van der Waals surface area contributed by atoms with Crippen molar-refractivity contribution in [3.63, 3.8) is 0 Å². The molecule has 3 unspecified atom stereocenters. The maximum absolute atomic E-state index is 14.6. The Morgan fingerprint density at radius 3 is 2.37 bits per heavy atom. The quantitative estimate of drug-likeness (QED) is 0.384. The van der Waals surface area contributed by atoms with E-state index in [9.17, 15) is 19.5 Å². The van der Waals surface area contributed by atoms with Gasteiger partial charge < -0.3 is 30.1 Å². The van der Waals surface area contributed by atoms with Crippen LogP contribution in [0.15, 0.2) is 60.7 Å². The smallest absolute Gasteiger partial charge is 0.245 e. The molecule has 43 heavy (non-hydrogen) atoms. The number of carbonyl (C=O) groups excluding carboxylic acids is 3. The molecule has 1 spiro atoms. The number of ether oxygens (including phenoxy) is 2. The molecule has 4 aliphatic heterocycles. The van der Waals surface area contributed by atoms with Crippen LogP contribution in [0.1, 0.15) is 37.4 Å².